The number of anilines is 1. The minimum absolute atomic E-state index is 0.228. The number of halogens is 3. The number of carbonyl (C=O) groups is 2. The number of carbonyl (C=O) groups excluding carboxylic acids is 2. The Balaban J connectivity index is 1.88. The molecule has 0 aliphatic carbocycles. The van der Waals surface area contributed by atoms with Crippen molar-refractivity contribution in [2.75, 3.05) is 18.2 Å². The Hall–Kier alpha value is -2.75. The lowest BCUT2D eigenvalue weighted by Crippen LogP contribution is -2.21. The average molecular weight is 386 g/mol. The summed E-state index contributed by atoms with van der Waals surface area (Å²) in [4.78, 5) is 27.8. The lowest BCUT2D eigenvalue weighted by Gasteiger charge is -2.10. The van der Waals surface area contributed by atoms with Gasteiger partial charge in [-0.2, -0.15) is 0 Å². The third-order valence-electron chi connectivity index (χ3n) is 2.89. The van der Waals surface area contributed by atoms with E-state index < -0.39 is 30.6 Å². The van der Waals surface area contributed by atoms with Crippen molar-refractivity contribution < 1.29 is 32.2 Å². The molecule has 1 aromatic carbocycles. The number of ether oxygens (including phenoxy) is 2. The molecular weight excluding hydrogens is 373 g/mol. The number of amides is 1. The van der Waals surface area contributed by atoms with Gasteiger partial charge in [0.05, 0.1) is 5.56 Å². The highest BCUT2D eigenvalue weighted by Gasteiger charge is 2.30. The molecule has 138 valence electrons. The topological polar surface area (TPSA) is 77.5 Å². The molecule has 2 rings (SSSR count). The van der Waals surface area contributed by atoms with Gasteiger partial charge in [0.1, 0.15) is 10.8 Å². The van der Waals surface area contributed by atoms with Gasteiger partial charge in [-0.1, -0.05) is 0 Å². The van der Waals surface area contributed by atoms with E-state index in [0.29, 0.717) is 5.03 Å². The second-order valence-electron chi connectivity index (χ2n) is 4.76. The van der Waals surface area contributed by atoms with Crippen LogP contribution in [0.25, 0.3) is 0 Å². The molecule has 10 heteroatoms. The summed E-state index contributed by atoms with van der Waals surface area (Å²) in [6.45, 7) is -0.553. The predicted octanol–water partition coefficient (Wildman–Crippen LogP) is 3.50. The van der Waals surface area contributed by atoms with E-state index >= 15 is 0 Å². The van der Waals surface area contributed by atoms with Gasteiger partial charge >= 0.3 is 12.3 Å². The first-order valence-electron chi connectivity index (χ1n) is 7.10. The third kappa shape index (κ3) is 5.96. The number of alkyl halides is 3. The minimum Gasteiger partial charge on any atom is -0.452 e. The Morgan fingerprint density at radius 1 is 1.19 bits per heavy atom. The highest BCUT2D eigenvalue weighted by molar-refractivity contribution is 7.98. The zero-order valence-corrected chi connectivity index (χ0v) is 14.2. The van der Waals surface area contributed by atoms with Crippen LogP contribution in [0.1, 0.15) is 10.4 Å². The summed E-state index contributed by atoms with van der Waals surface area (Å²) in [5.41, 5.74) is 0.466. The molecule has 0 spiro atoms. The summed E-state index contributed by atoms with van der Waals surface area (Å²) in [6.07, 6.45) is -1.51. The predicted molar refractivity (Wildman–Crippen MR) is 88.1 cm³/mol. The lowest BCUT2D eigenvalue weighted by molar-refractivity contribution is -0.274. The molecule has 0 aliphatic rings. The van der Waals surface area contributed by atoms with Crippen LogP contribution in [0.15, 0.2) is 47.6 Å². The van der Waals surface area contributed by atoms with Crippen molar-refractivity contribution in [1.29, 1.82) is 0 Å². The Morgan fingerprint density at radius 3 is 2.50 bits per heavy atom. The fourth-order valence-electron chi connectivity index (χ4n) is 1.85. The molecule has 0 radical (unpaired) electrons. The molecule has 0 unspecified atom stereocenters. The summed E-state index contributed by atoms with van der Waals surface area (Å²) >= 11 is 1.26. The zero-order valence-electron chi connectivity index (χ0n) is 13.4. The quantitative estimate of drug-likeness (QED) is 0.605. The van der Waals surface area contributed by atoms with Crippen LogP contribution in [0.2, 0.25) is 0 Å². The molecule has 26 heavy (non-hydrogen) atoms. The normalized spacial score (nSPS) is 10.9. The van der Waals surface area contributed by atoms with Gasteiger partial charge in [-0.3, -0.25) is 4.79 Å². The second-order valence-corrected chi connectivity index (χ2v) is 5.55. The van der Waals surface area contributed by atoms with Crippen LogP contribution in [-0.4, -0.2) is 36.1 Å². The van der Waals surface area contributed by atoms with Gasteiger partial charge in [0.2, 0.25) is 0 Å². The number of esters is 1. The number of hydrogen-bond acceptors (Lipinski definition) is 6. The summed E-state index contributed by atoms with van der Waals surface area (Å²) in [5.74, 6) is -1.76. The number of aromatic nitrogens is 1. The Bertz CT molecular complexity index is 782. The monoisotopic (exact) mass is 386 g/mol. The molecule has 1 N–H and O–H groups in total. The fourth-order valence-corrected chi connectivity index (χ4v) is 2.39. The summed E-state index contributed by atoms with van der Waals surface area (Å²) in [6, 6.07) is 7.66. The molecule has 0 aliphatic heterocycles. The van der Waals surface area contributed by atoms with Crippen molar-refractivity contribution in [1.82, 2.24) is 4.98 Å². The van der Waals surface area contributed by atoms with Crippen molar-refractivity contribution in [3.05, 3.63) is 48.2 Å². The van der Waals surface area contributed by atoms with Crippen molar-refractivity contribution in [3.8, 4) is 5.75 Å². The second kappa shape index (κ2) is 8.56. The van der Waals surface area contributed by atoms with Crippen LogP contribution >= 0.6 is 11.8 Å². The van der Waals surface area contributed by atoms with Crippen LogP contribution in [0.4, 0.5) is 18.9 Å². The van der Waals surface area contributed by atoms with Gasteiger partial charge in [-0.05, 0) is 42.7 Å². The molecule has 0 saturated heterocycles. The van der Waals surface area contributed by atoms with Gasteiger partial charge in [-0.15, -0.1) is 24.9 Å². The van der Waals surface area contributed by atoms with Gasteiger partial charge in [0.25, 0.3) is 5.91 Å². The van der Waals surface area contributed by atoms with Gasteiger partial charge in [0, 0.05) is 11.9 Å². The summed E-state index contributed by atoms with van der Waals surface area (Å²) < 4.78 is 44.9. The van der Waals surface area contributed by atoms with Crippen LogP contribution in [0.5, 0.6) is 5.75 Å². The standard InChI is InChI=1S/C16H13F3N2O4S/c1-26-14-12(3-2-8-20-14)15(23)24-9-13(22)21-10-4-6-11(7-5-10)25-16(17,18)19/h2-8H,9H2,1H3,(H,21,22). The molecule has 2 aromatic rings. The van der Waals surface area contributed by atoms with Gasteiger partial charge in [-0.25, -0.2) is 9.78 Å². The smallest absolute Gasteiger partial charge is 0.452 e. The van der Waals surface area contributed by atoms with E-state index in [9.17, 15) is 22.8 Å². The molecule has 1 amide bonds. The van der Waals surface area contributed by atoms with E-state index in [-0.39, 0.29) is 11.3 Å². The maximum Gasteiger partial charge on any atom is 0.573 e. The van der Waals surface area contributed by atoms with E-state index in [0.717, 1.165) is 12.1 Å². The van der Waals surface area contributed by atoms with Gasteiger partial charge in [0.15, 0.2) is 6.61 Å². The van der Waals surface area contributed by atoms with Crippen molar-refractivity contribution >= 4 is 29.3 Å². The highest BCUT2D eigenvalue weighted by atomic mass is 32.2. The average Bonchev–Trinajstić information content (AvgIpc) is 2.60. The van der Waals surface area contributed by atoms with E-state index in [1.54, 1.807) is 12.3 Å². The number of nitrogens with one attached hydrogen (secondary N) is 1. The molecule has 1 aromatic heterocycles. The first kappa shape index (κ1) is 19.6. The first-order valence-corrected chi connectivity index (χ1v) is 8.33. The molecule has 6 nitrogen and oxygen atoms in total. The Labute approximate surface area is 150 Å². The molecule has 0 atom stereocenters. The fraction of sp³-hybridized carbons (Fsp3) is 0.188. The molecule has 0 fully saturated rings. The SMILES string of the molecule is CSc1ncccc1C(=O)OCC(=O)Nc1ccc(OC(F)(F)F)cc1. The minimum atomic E-state index is -4.79. The Morgan fingerprint density at radius 2 is 1.88 bits per heavy atom. The van der Waals surface area contributed by atoms with Crippen LogP contribution in [-0.2, 0) is 9.53 Å². The number of thioether (sulfide) groups is 1. The molecular formula is C16H13F3N2O4S. The van der Waals surface area contributed by atoms with Crippen LogP contribution < -0.4 is 10.1 Å². The molecule has 0 saturated carbocycles. The number of benzene rings is 1. The van der Waals surface area contributed by atoms with Crippen molar-refractivity contribution in [3.63, 3.8) is 0 Å². The van der Waals surface area contributed by atoms with E-state index in [4.69, 9.17) is 4.74 Å². The number of nitrogens with zero attached hydrogens (tertiary/aromatic N) is 1. The zero-order chi connectivity index (χ0) is 19.2. The summed E-state index contributed by atoms with van der Waals surface area (Å²) in [7, 11) is 0. The number of hydrogen-bond donors (Lipinski definition) is 1. The van der Waals surface area contributed by atoms with E-state index in [1.807, 2.05) is 0 Å². The highest BCUT2D eigenvalue weighted by Crippen LogP contribution is 2.24. The molecule has 1 heterocycles. The number of rotatable bonds is 6. The number of pyridine rings is 1. The maximum absolute atomic E-state index is 12.1. The lowest BCUT2D eigenvalue weighted by atomic mass is 10.3. The maximum atomic E-state index is 12.1. The van der Waals surface area contributed by atoms with Crippen molar-refractivity contribution in [2.45, 2.75) is 11.4 Å². The van der Waals surface area contributed by atoms with Gasteiger partial charge < -0.3 is 14.8 Å². The largest absolute Gasteiger partial charge is 0.573 e. The van der Waals surface area contributed by atoms with E-state index in [2.05, 4.69) is 15.0 Å². The van der Waals surface area contributed by atoms with Crippen LogP contribution in [0, 0.1) is 0 Å². The Kier molecular flexibility index (Phi) is 6.45. The van der Waals surface area contributed by atoms with E-state index in [1.165, 1.54) is 36.2 Å². The summed E-state index contributed by atoms with van der Waals surface area (Å²) in [5, 5.41) is 2.86. The third-order valence-corrected chi connectivity index (χ3v) is 3.60. The first-order chi connectivity index (χ1) is 12.3. The molecule has 0 bridgehead atoms. The van der Waals surface area contributed by atoms with Crippen molar-refractivity contribution in [2.24, 2.45) is 0 Å². The van der Waals surface area contributed by atoms with Crippen LogP contribution in [0.3, 0.4) is 0 Å².